The molecule has 1 aliphatic carbocycles. The summed E-state index contributed by atoms with van der Waals surface area (Å²) in [6, 6.07) is 4.97. The zero-order valence-electron chi connectivity index (χ0n) is 23.9. The van der Waals surface area contributed by atoms with Gasteiger partial charge in [-0.1, -0.05) is 19.3 Å². The Bertz CT molecular complexity index is 1090. The number of rotatable bonds is 7. The first-order valence-electron chi connectivity index (χ1n) is 15.3. The summed E-state index contributed by atoms with van der Waals surface area (Å²) in [5.74, 6) is 2.35. The Hall–Kier alpha value is -3.10. The number of hydrogen-bond acceptors (Lipinski definition) is 5. The number of carbonyl (C=O) groups is 4. The maximum atomic E-state index is 12.9. The van der Waals surface area contributed by atoms with Gasteiger partial charge in [-0.05, 0) is 87.5 Å². The average Bonchev–Trinajstić information content (AvgIpc) is 2.97. The van der Waals surface area contributed by atoms with E-state index in [0.29, 0.717) is 30.0 Å². The van der Waals surface area contributed by atoms with Crippen LogP contribution in [0.3, 0.4) is 0 Å². The number of likely N-dealkylation sites (tertiary alicyclic amines) is 2. The largest absolute Gasteiger partial charge is 0.484 e. The summed E-state index contributed by atoms with van der Waals surface area (Å²) >= 11 is 0. The third kappa shape index (κ3) is 6.96. The van der Waals surface area contributed by atoms with Gasteiger partial charge in [-0.2, -0.15) is 0 Å². The molecule has 9 nitrogen and oxygen atoms in total. The number of aryl methyl sites for hydroxylation is 1. The molecule has 5 amide bonds. The van der Waals surface area contributed by atoms with Crippen molar-refractivity contribution in [2.75, 3.05) is 44.2 Å². The second kappa shape index (κ2) is 13.0. The first-order valence-corrected chi connectivity index (χ1v) is 15.3. The van der Waals surface area contributed by atoms with Gasteiger partial charge in [0.15, 0.2) is 6.61 Å². The molecule has 1 aromatic carbocycles. The number of nitrogens with one attached hydrogen (secondary N) is 1. The zero-order valence-corrected chi connectivity index (χ0v) is 23.9. The summed E-state index contributed by atoms with van der Waals surface area (Å²) in [4.78, 5) is 54.9. The molecule has 5 rings (SSSR count). The van der Waals surface area contributed by atoms with E-state index in [1.165, 1.54) is 25.7 Å². The highest BCUT2D eigenvalue weighted by atomic mass is 16.5. The fraction of sp³-hybridized carbons (Fsp3) is 0.677. The normalized spacial score (nSPS) is 21.9. The molecule has 40 heavy (non-hydrogen) atoms. The number of urea groups is 1. The van der Waals surface area contributed by atoms with E-state index < -0.39 is 6.03 Å². The van der Waals surface area contributed by atoms with Crippen LogP contribution < -0.4 is 15.0 Å². The molecule has 0 spiro atoms. The number of hydrogen-bond donors (Lipinski definition) is 1. The van der Waals surface area contributed by atoms with Crippen LogP contribution in [0.25, 0.3) is 0 Å². The van der Waals surface area contributed by atoms with Crippen LogP contribution in [0.1, 0.15) is 76.2 Å². The van der Waals surface area contributed by atoms with Crippen LogP contribution in [0.2, 0.25) is 0 Å². The summed E-state index contributed by atoms with van der Waals surface area (Å²) in [5, 5.41) is 2.34. The molecule has 0 aromatic heterocycles. The number of carbonyl (C=O) groups excluding carboxylic acids is 4. The molecule has 3 heterocycles. The van der Waals surface area contributed by atoms with Gasteiger partial charge in [0, 0.05) is 50.7 Å². The molecule has 3 aliphatic heterocycles. The monoisotopic (exact) mass is 552 g/mol. The lowest BCUT2D eigenvalue weighted by atomic mass is 9.82. The summed E-state index contributed by atoms with van der Waals surface area (Å²) in [7, 11) is 0. The lowest BCUT2D eigenvalue weighted by Gasteiger charge is -2.38. The fourth-order valence-electron chi connectivity index (χ4n) is 6.94. The van der Waals surface area contributed by atoms with E-state index in [1.54, 1.807) is 17.0 Å². The van der Waals surface area contributed by atoms with Gasteiger partial charge in [-0.25, -0.2) is 4.79 Å². The Balaban J connectivity index is 1.01. The predicted octanol–water partition coefficient (Wildman–Crippen LogP) is 4.27. The molecule has 0 unspecified atom stereocenters. The Morgan fingerprint density at radius 2 is 1.52 bits per heavy atom. The summed E-state index contributed by atoms with van der Waals surface area (Å²) in [5.41, 5.74) is 1.58. The minimum atomic E-state index is -0.415. The lowest BCUT2D eigenvalue weighted by molar-refractivity contribution is -0.138. The van der Waals surface area contributed by atoms with Crippen molar-refractivity contribution >= 4 is 29.4 Å². The molecule has 1 N–H and O–H groups in total. The van der Waals surface area contributed by atoms with Gasteiger partial charge in [0.2, 0.25) is 11.8 Å². The first-order chi connectivity index (χ1) is 19.4. The molecule has 4 fully saturated rings. The van der Waals surface area contributed by atoms with Crippen molar-refractivity contribution in [1.29, 1.82) is 0 Å². The quantitative estimate of drug-likeness (QED) is 0.545. The van der Waals surface area contributed by atoms with Crippen LogP contribution in [0.4, 0.5) is 10.5 Å². The highest BCUT2D eigenvalue weighted by Gasteiger charge is 2.31. The number of amides is 5. The van der Waals surface area contributed by atoms with E-state index in [9.17, 15) is 19.2 Å². The number of anilines is 1. The molecule has 0 bridgehead atoms. The van der Waals surface area contributed by atoms with E-state index in [1.807, 2.05) is 17.9 Å². The maximum absolute atomic E-state index is 12.9. The third-order valence-corrected chi connectivity index (χ3v) is 9.39. The zero-order chi connectivity index (χ0) is 28.1. The van der Waals surface area contributed by atoms with Crippen LogP contribution >= 0.6 is 0 Å². The Morgan fingerprint density at radius 3 is 2.15 bits per heavy atom. The minimum Gasteiger partial charge on any atom is -0.484 e. The summed E-state index contributed by atoms with van der Waals surface area (Å²) in [6.45, 7) is 5.60. The van der Waals surface area contributed by atoms with E-state index in [-0.39, 0.29) is 30.8 Å². The fourth-order valence-corrected chi connectivity index (χ4v) is 6.94. The SMILES string of the molecule is Cc1cc(OCC(=O)N2CCC(CC3CCN(C(=O)C4CCCCC4)CC3)CC2)ccc1N1CCC(=O)NC1=O. The smallest absolute Gasteiger partial charge is 0.328 e. The molecule has 0 atom stereocenters. The van der Waals surface area contributed by atoms with Gasteiger partial charge in [0.25, 0.3) is 5.91 Å². The van der Waals surface area contributed by atoms with E-state index in [4.69, 9.17) is 4.74 Å². The molecule has 3 saturated heterocycles. The molecule has 0 radical (unpaired) electrons. The van der Waals surface area contributed by atoms with Gasteiger partial charge < -0.3 is 14.5 Å². The van der Waals surface area contributed by atoms with Gasteiger partial charge in [0.1, 0.15) is 5.75 Å². The number of imide groups is 1. The Labute approximate surface area is 237 Å². The van der Waals surface area contributed by atoms with E-state index >= 15 is 0 Å². The topological polar surface area (TPSA) is 99.3 Å². The van der Waals surface area contributed by atoms with Crippen molar-refractivity contribution in [3.05, 3.63) is 23.8 Å². The van der Waals surface area contributed by atoms with Crippen LogP contribution in [-0.4, -0.2) is 72.9 Å². The Morgan fingerprint density at radius 1 is 0.875 bits per heavy atom. The van der Waals surface area contributed by atoms with Crippen molar-refractivity contribution in [3.8, 4) is 5.75 Å². The van der Waals surface area contributed by atoms with Crippen molar-refractivity contribution in [1.82, 2.24) is 15.1 Å². The van der Waals surface area contributed by atoms with Gasteiger partial charge >= 0.3 is 6.03 Å². The van der Waals surface area contributed by atoms with Crippen molar-refractivity contribution in [2.24, 2.45) is 17.8 Å². The van der Waals surface area contributed by atoms with Crippen LogP contribution in [0, 0.1) is 24.7 Å². The molecule has 9 heteroatoms. The molecule has 1 saturated carbocycles. The maximum Gasteiger partial charge on any atom is 0.328 e. The molecular weight excluding hydrogens is 508 g/mol. The van der Waals surface area contributed by atoms with Crippen molar-refractivity contribution in [3.63, 3.8) is 0 Å². The Kier molecular flexibility index (Phi) is 9.27. The molecular formula is C31H44N4O5. The van der Waals surface area contributed by atoms with E-state index in [0.717, 1.165) is 76.0 Å². The number of piperidine rings is 2. The highest BCUT2D eigenvalue weighted by Crippen LogP contribution is 2.32. The summed E-state index contributed by atoms with van der Waals surface area (Å²) in [6.07, 6.45) is 11.6. The second-order valence-corrected chi connectivity index (χ2v) is 12.2. The van der Waals surface area contributed by atoms with Gasteiger partial charge in [-0.3, -0.25) is 24.6 Å². The predicted molar refractivity (Wildman–Crippen MR) is 152 cm³/mol. The molecule has 218 valence electrons. The summed E-state index contributed by atoms with van der Waals surface area (Å²) < 4.78 is 5.81. The third-order valence-electron chi connectivity index (χ3n) is 9.39. The van der Waals surface area contributed by atoms with Crippen LogP contribution in [0.5, 0.6) is 5.75 Å². The average molecular weight is 553 g/mol. The van der Waals surface area contributed by atoms with Crippen LogP contribution in [0.15, 0.2) is 18.2 Å². The first kappa shape index (κ1) is 28.4. The molecule has 4 aliphatic rings. The number of nitrogens with zero attached hydrogens (tertiary/aromatic N) is 3. The lowest BCUT2D eigenvalue weighted by Crippen LogP contribution is -2.49. The minimum absolute atomic E-state index is 0.00336. The highest BCUT2D eigenvalue weighted by molar-refractivity contribution is 6.05. The standard InChI is InChI=1S/C31H44N4O5/c1-22-19-26(7-8-27(22)35-18-13-28(36)32-31(35)39)40-21-29(37)33-14-9-23(10-15-33)20-24-11-16-34(17-12-24)30(38)25-5-3-2-4-6-25/h7-8,19,23-25H,2-6,9-18,20-21H2,1H3,(H,32,36,39). The van der Waals surface area contributed by atoms with Crippen molar-refractivity contribution < 1.29 is 23.9 Å². The van der Waals surface area contributed by atoms with Crippen molar-refractivity contribution in [2.45, 2.75) is 77.6 Å². The van der Waals surface area contributed by atoms with E-state index in [2.05, 4.69) is 10.2 Å². The molecule has 1 aromatic rings. The number of benzene rings is 1. The van der Waals surface area contributed by atoms with Gasteiger partial charge in [-0.15, -0.1) is 0 Å². The van der Waals surface area contributed by atoms with Gasteiger partial charge in [0.05, 0.1) is 0 Å². The van der Waals surface area contributed by atoms with Crippen LogP contribution in [-0.2, 0) is 14.4 Å². The number of ether oxygens (including phenoxy) is 1. The second-order valence-electron chi connectivity index (χ2n) is 12.2.